The number of hydrogen-bond donors (Lipinski definition) is 1. The van der Waals surface area contributed by atoms with E-state index in [1.165, 1.54) is 0 Å². The van der Waals surface area contributed by atoms with Crippen LogP contribution >= 0.6 is 7.14 Å². The summed E-state index contributed by atoms with van der Waals surface area (Å²) in [6.07, 6.45) is 0. The molecule has 0 radical (unpaired) electrons. The second-order valence-electron chi connectivity index (χ2n) is 10.1. The lowest BCUT2D eigenvalue weighted by Crippen LogP contribution is -2.44. The smallest absolute Gasteiger partial charge is 0.171 e. The van der Waals surface area contributed by atoms with E-state index < -0.39 is 7.14 Å². The summed E-state index contributed by atoms with van der Waals surface area (Å²) in [4.78, 5) is 0. The predicted molar refractivity (Wildman–Crippen MR) is 132 cm³/mol. The molecule has 3 rings (SSSR count). The highest BCUT2D eigenvalue weighted by atomic mass is 31.2. The topological polar surface area (TPSA) is 29.1 Å². The van der Waals surface area contributed by atoms with Crippen LogP contribution in [0, 0.1) is 10.8 Å². The van der Waals surface area contributed by atoms with Crippen LogP contribution in [0.25, 0.3) is 0 Å². The Morgan fingerprint density at radius 2 is 1.07 bits per heavy atom. The molecule has 0 atom stereocenters. The quantitative estimate of drug-likeness (QED) is 0.499. The summed E-state index contributed by atoms with van der Waals surface area (Å²) in [7, 11) is -2.97. The molecular weight excluding hydrogens is 385 g/mol. The number of rotatable bonds is 5. The van der Waals surface area contributed by atoms with Crippen molar-refractivity contribution in [3.8, 4) is 0 Å². The Hall–Kier alpha value is -2.31. The molecule has 3 aromatic rings. The third-order valence-electron chi connectivity index (χ3n) is 5.49. The summed E-state index contributed by atoms with van der Waals surface area (Å²) in [6, 6.07) is 28.1. The monoisotopic (exact) mass is 419 g/mol. The highest BCUT2D eigenvalue weighted by Gasteiger charge is 2.35. The van der Waals surface area contributed by atoms with Gasteiger partial charge in [0, 0.05) is 27.6 Å². The summed E-state index contributed by atoms with van der Waals surface area (Å²) in [5.74, 6) is 0. The van der Waals surface area contributed by atoms with E-state index in [1.807, 2.05) is 72.8 Å². The Morgan fingerprint density at radius 1 is 0.633 bits per heavy atom. The van der Waals surface area contributed by atoms with Gasteiger partial charge in [0.15, 0.2) is 7.14 Å². The highest BCUT2D eigenvalue weighted by Crippen LogP contribution is 2.43. The summed E-state index contributed by atoms with van der Waals surface area (Å²) in [6.45, 7) is 13.6. The van der Waals surface area contributed by atoms with E-state index in [-0.39, 0.29) is 16.9 Å². The van der Waals surface area contributed by atoms with Gasteiger partial charge in [-0.1, -0.05) is 114 Å². The van der Waals surface area contributed by atoms with Gasteiger partial charge < -0.3 is 9.88 Å². The number of anilines is 1. The van der Waals surface area contributed by atoms with Gasteiger partial charge in [0.25, 0.3) is 0 Å². The molecule has 3 aromatic carbocycles. The van der Waals surface area contributed by atoms with Crippen LogP contribution in [-0.2, 0) is 4.57 Å². The van der Waals surface area contributed by atoms with E-state index in [0.29, 0.717) is 0 Å². The third kappa shape index (κ3) is 4.71. The van der Waals surface area contributed by atoms with Crippen LogP contribution in [0.15, 0.2) is 84.9 Å². The van der Waals surface area contributed by atoms with Gasteiger partial charge in [-0.25, -0.2) is 0 Å². The predicted octanol–water partition coefficient (Wildman–Crippen LogP) is 6.20. The lowest BCUT2D eigenvalue weighted by molar-refractivity contribution is 0.198. The molecule has 0 aliphatic heterocycles. The molecule has 0 aromatic heterocycles. The SMILES string of the molecule is CC(C)(C)C(Nc1cccc(P(=O)(c2ccccc2)c2ccccc2)c1)C(C)(C)C. The number of nitrogens with one attached hydrogen (secondary N) is 1. The maximum atomic E-state index is 14.6. The van der Waals surface area contributed by atoms with Crippen LogP contribution in [0.3, 0.4) is 0 Å². The van der Waals surface area contributed by atoms with E-state index >= 15 is 0 Å². The largest absolute Gasteiger partial charge is 0.381 e. The van der Waals surface area contributed by atoms with Gasteiger partial charge in [0.1, 0.15) is 0 Å². The molecule has 158 valence electrons. The standard InChI is InChI=1S/C27H34NOP/c1-26(2,3)25(27(4,5)6)28-21-14-13-19-24(20-21)30(29,22-15-9-7-10-16-22)23-17-11-8-12-18-23/h7-20,25,28H,1-6H3. The Bertz CT molecular complexity index is 956. The van der Waals surface area contributed by atoms with Crippen LogP contribution in [-0.4, -0.2) is 6.04 Å². The van der Waals surface area contributed by atoms with Crippen molar-refractivity contribution in [1.82, 2.24) is 0 Å². The molecule has 0 fully saturated rings. The van der Waals surface area contributed by atoms with Crippen molar-refractivity contribution < 1.29 is 4.57 Å². The Balaban J connectivity index is 2.11. The summed E-state index contributed by atoms with van der Waals surface area (Å²) < 4.78 is 14.6. The first-order valence-electron chi connectivity index (χ1n) is 10.6. The molecule has 3 heteroatoms. The molecule has 0 heterocycles. The minimum Gasteiger partial charge on any atom is -0.381 e. The second kappa shape index (κ2) is 8.44. The minimum absolute atomic E-state index is 0.0802. The molecule has 0 unspecified atom stereocenters. The van der Waals surface area contributed by atoms with E-state index in [2.05, 4.69) is 59.0 Å². The van der Waals surface area contributed by atoms with Crippen molar-refractivity contribution in [1.29, 1.82) is 0 Å². The third-order valence-corrected chi connectivity index (χ3v) is 8.55. The first-order valence-corrected chi connectivity index (χ1v) is 12.3. The van der Waals surface area contributed by atoms with Crippen LogP contribution in [0.5, 0.6) is 0 Å². The van der Waals surface area contributed by atoms with Crippen molar-refractivity contribution in [3.63, 3.8) is 0 Å². The zero-order chi connectivity index (χ0) is 22.0. The number of hydrogen-bond acceptors (Lipinski definition) is 2. The summed E-state index contributed by atoms with van der Waals surface area (Å²) in [5, 5.41) is 6.32. The van der Waals surface area contributed by atoms with E-state index in [4.69, 9.17) is 0 Å². The average molecular weight is 420 g/mol. The van der Waals surface area contributed by atoms with Crippen molar-refractivity contribution in [2.75, 3.05) is 5.32 Å². The molecule has 2 nitrogen and oxygen atoms in total. The molecule has 1 N–H and O–H groups in total. The molecule has 0 amide bonds. The zero-order valence-electron chi connectivity index (χ0n) is 19.0. The van der Waals surface area contributed by atoms with E-state index in [9.17, 15) is 4.57 Å². The highest BCUT2D eigenvalue weighted by molar-refractivity contribution is 7.85. The first-order chi connectivity index (χ1) is 14.0. The van der Waals surface area contributed by atoms with Crippen molar-refractivity contribution in [3.05, 3.63) is 84.9 Å². The summed E-state index contributed by atoms with van der Waals surface area (Å²) >= 11 is 0. The lowest BCUT2D eigenvalue weighted by Gasteiger charge is -2.42. The maximum absolute atomic E-state index is 14.6. The van der Waals surface area contributed by atoms with Gasteiger partial charge >= 0.3 is 0 Å². The van der Waals surface area contributed by atoms with Crippen molar-refractivity contribution >= 4 is 28.7 Å². The van der Waals surface area contributed by atoms with Crippen molar-refractivity contribution in [2.24, 2.45) is 10.8 Å². The van der Waals surface area contributed by atoms with Crippen molar-refractivity contribution in [2.45, 2.75) is 47.6 Å². The Labute approximate surface area is 182 Å². The van der Waals surface area contributed by atoms with Gasteiger partial charge in [-0.05, 0) is 23.0 Å². The molecule has 0 saturated carbocycles. The van der Waals surface area contributed by atoms with Crippen LogP contribution < -0.4 is 21.2 Å². The molecule has 30 heavy (non-hydrogen) atoms. The summed E-state index contributed by atoms with van der Waals surface area (Å²) in [5.41, 5.74) is 1.17. The fourth-order valence-corrected chi connectivity index (χ4v) is 7.11. The van der Waals surface area contributed by atoms with Gasteiger partial charge in [-0.15, -0.1) is 0 Å². The van der Waals surface area contributed by atoms with E-state index in [0.717, 1.165) is 21.6 Å². The molecule has 0 bridgehead atoms. The molecule has 0 saturated heterocycles. The Morgan fingerprint density at radius 3 is 1.50 bits per heavy atom. The van der Waals surface area contributed by atoms with Gasteiger partial charge in [0.2, 0.25) is 0 Å². The van der Waals surface area contributed by atoms with Gasteiger partial charge in [-0.2, -0.15) is 0 Å². The number of benzene rings is 3. The molecule has 0 aliphatic rings. The second-order valence-corrected chi connectivity index (χ2v) is 12.9. The normalized spacial score (nSPS) is 12.8. The molecule has 0 aliphatic carbocycles. The molecule has 0 spiro atoms. The Kier molecular flexibility index (Phi) is 6.29. The van der Waals surface area contributed by atoms with Gasteiger partial charge in [0.05, 0.1) is 0 Å². The average Bonchev–Trinajstić information content (AvgIpc) is 2.71. The zero-order valence-corrected chi connectivity index (χ0v) is 19.9. The van der Waals surface area contributed by atoms with Crippen LogP contribution in [0.2, 0.25) is 0 Å². The molecular formula is C27H34NOP. The fraction of sp³-hybridized carbons (Fsp3) is 0.333. The maximum Gasteiger partial charge on any atom is 0.171 e. The van der Waals surface area contributed by atoms with Gasteiger partial charge in [-0.3, -0.25) is 0 Å². The van der Waals surface area contributed by atoms with E-state index in [1.54, 1.807) is 0 Å². The minimum atomic E-state index is -2.97. The van der Waals surface area contributed by atoms with Crippen LogP contribution in [0.4, 0.5) is 5.69 Å². The van der Waals surface area contributed by atoms with Crippen LogP contribution in [0.1, 0.15) is 41.5 Å². The first kappa shape index (κ1) is 22.4. The fourth-order valence-electron chi connectivity index (χ4n) is 4.41. The lowest BCUT2D eigenvalue weighted by atomic mass is 9.72.